The van der Waals surface area contributed by atoms with Gasteiger partial charge in [-0.3, -0.25) is 4.98 Å². The number of benzene rings is 1. The molecule has 0 spiro atoms. The van der Waals surface area contributed by atoms with Crippen LogP contribution in [0.25, 0.3) is 0 Å². The van der Waals surface area contributed by atoms with Crippen molar-refractivity contribution in [1.29, 1.82) is 0 Å². The summed E-state index contributed by atoms with van der Waals surface area (Å²) in [5.41, 5.74) is 6.15. The van der Waals surface area contributed by atoms with Crippen LogP contribution in [0.3, 0.4) is 0 Å². The lowest BCUT2D eigenvalue weighted by molar-refractivity contribution is 0.455. The maximum Gasteiger partial charge on any atom is 0.238 e. The molecule has 6 heteroatoms. The van der Waals surface area contributed by atoms with E-state index in [2.05, 4.69) is 25.9 Å². The van der Waals surface area contributed by atoms with Gasteiger partial charge >= 0.3 is 0 Å². The minimum atomic E-state index is 0.325. The van der Waals surface area contributed by atoms with E-state index in [0.717, 1.165) is 4.47 Å². The van der Waals surface area contributed by atoms with E-state index < -0.39 is 0 Å². The first-order chi connectivity index (χ1) is 8.19. The summed E-state index contributed by atoms with van der Waals surface area (Å²) in [6.45, 7) is 0.325. The Kier molecular flexibility index (Phi) is 3.93. The fourth-order valence-corrected chi connectivity index (χ4v) is 1.97. The molecule has 1 heterocycles. The van der Waals surface area contributed by atoms with Gasteiger partial charge < -0.3 is 10.5 Å². The SMILES string of the molecule is NCc1cncc(Oc2ccc(Cl)cc2Br)n1. The van der Waals surface area contributed by atoms with Crippen molar-refractivity contribution in [3.05, 3.63) is 45.8 Å². The Bertz CT molecular complexity index is 536. The van der Waals surface area contributed by atoms with Crippen LogP contribution in [-0.4, -0.2) is 9.97 Å². The number of ether oxygens (including phenoxy) is 1. The van der Waals surface area contributed by atoms with Crippen molar-refractivity contribution < 1.29 is 4.74 Å². The molecule has 2 rings (SSSR count). The highest BCUT2D eigenvalue weighted by Gasteiger charge is 2.05. The lowest BCUT2D eigenvalue weighted by Gasteiger charge is -2.07. The van der Waals surface area contributed by atoms with Gasteiger partial charge in [0.15, 0.2) is 0 Å². The van der Waals surface area contributed by atoms with E-state index in [9.17, 15) is 0 Å². The smallest absolute Gasteiger partial charge is 0.238 e. The summed E-state index contributed by atoms with van der Waals surface area (Å²) >= 11 is 9.20. The molecule has 17 heavy (non-hydrogen) atoms. The largest absolute Gasteiger partial charge is 0.436 e. The topological polar surface area (TPSA) is 61.0 Å². The first-order valence-electron chi connectivity index (χ1n) is 4.83. The van der Waals surface area contributed by atoms with Crippen LogP contribution in [0, 0.1) is 0 Å². The zero-order valence-corrected chi connectivity index (χ0v) is 11.1. The Hall–Kier alpha value is -1.17. The molecule has 0 saturated carbocycles. The molecule has 0 aliphatic rings. The van der Waals surface area contributed by atoms with Crippen molar-refractivity contribution in [3.63, 3.8) is 0 Å². The third-order valence-corrected chi connectivity index (χ3v) is 2.83. The molecule has 0 atom stereocenters. The second-order valence-electron chi connectivity index (χ2n) is 3.23. The molecule has 0 amide bonds. The zero-order valence-electron chi connectivity index (χ0n) is 8.73. The van der Waals surface area contributed by atoms with Crippen molar-refractivity contribution >= 4 is 27.5 Å². The van der Waals surface area contributed by atoms with Crippen molar-refractivity contribution in [2.45, 2.75) is 6.54 Å². The molecule has 0 aliphatic heterocycles. The van der Waals surface area contributed by atoms with Gasteiger partial charge in [-0.05, 0) is 34.1 Å². The molecule has 0 aliphatic carbocycles. The van der Waals surface area contributed by atoms with Gasteiger partial charge in [-0.25, -0.2) is 4.98 Å². The van der Waals surface area contributed by atoms with E-state index in [1.54, 1.807) is 24.4 Å². The fraction of sp³-hybridized carbons (Fsp3) is 0.0909. The molecule has 0 bridgehead atoms. The number of nitrogens with zero attached hydrogens (tertiary/aromatic N) is 2. The molecule has 0 fully saturated rings. The molecule has 0 saturated heterocycles. The maximum absolute atomic E-state index is 5.84. The summed E-state index contributed by atoms with van der Waals surface area (Å²) in [6, 6.07) is 5.24. The van der Waals surface area contributed by atoms with E-state index in [1.807, 2.05) is 0 Å². The quantitative estimate of drug-likeness (QED) is 0.945. The molecule has 88 valence electrons. The minimum absolute atomic E-state index is 0.325. The highest BCUT2D eigenvalue weighted by atomic mass is 79.9. The second kappa shape index (κ2) is 5.44. The molecule has 4 nitrogen and oxygen atoms in total. The summed E-state index contributed by atoms with van der Waals surface area (Å²) in [7, 11) is 0. The van der Waals surface area contributed by atoms with Gasteiger partial charge in [-0.1, -0.05) is 11.6 Å². The number of hydrogen-bond acceptors (Lipinski definition) is 4. The first kappa shape index (κ1) is 12.3. The van der Waals surface area contributed by atoms with E-state index in [0.29, 0.717) is 28.9 Å². The fourth-order valence-electron chi connectivity index (χ4n) is 1.20. The van der Waals surface area contributed by atoms with E-state index in [4.69, 9.17) is 22.1 Å². The molecule has 0 unspecified atom stereocenters. The van der Waals surface area contributed by atoms with E-state index >= 15 is 0 Å². The van der Waals surface area contributed by atoms with Crippen molar-refractivity contribution in [1.82, 2.24) is 9.97 Å². The molecule has 2 aromatic rings. The molecule has 1 aromatic heterocycles. The summed E-state index contributed by atoms with van der Waals surface area (Å²) in [4.78, 5) is 8.18. The van der Waals surface area contributed by atoms with E-state index in [-0.39, 0.29) is 0 Å². The lowest BCUT2D eigenvalue weighted by atomic mass is 10.3. The van der Waals surface area contributed by atoms with Crippen molar-refractivity contribution in [2.24, 2.45) is 5.73 Å². The third kappa shape index (κ3) is 3.15. The number of rotatable bonds is 3. The van der Waals surface area contributed by atoms with Gasteiger partial charge in [-0.2, -0.15) is 0 Å². The Morgan fingerprint density at radius 3 is 2.88 bits per heavy atom. The van der Waals surface area contributed by atoms with Crippen LogP contribution in [0.4, 0.5) is 0 Å². The number of halogens is 2. The predicted molar refractivity (Wildman–Crippen MR) is 69.1 cm³/mol. The summed E-state index contributed by atoms with van der Waals surface area (Å²) in [6.07, 6.45) is 3.13. The Morgan fingerprint density at radius 1 is 1.35 bits per heavy atom. The lowest BCUT2D eigenvalue weighted by Crippen LogP contribution is -2.01. The summed E-state index contributed by atoms with van der Waals surface area (Å²) in [5, 5.41) is 0.631. The van der Waals surface area contributed by atoms with Crippen molar-refractivity contribution in [3.8, 4) is 11.6 Å². The van der Waals surface area contributed by atoms with Gasteiger partial charge in [0, 0.05) is 17.8 Å². The summed E-state index contributed by atoms with van der Waals surface area (Å²) < 4.78 is 6.33. The summed E-state index contributed by atoms with van der Waals surface area (Å²) in [5.74, 6) is 1.02. The number of nitrogens with two attached hydrogens (primary N) is 1. The normalized spacial score (nSPS) is 10.3. The number of hydrogen-bond donors (Lipinski definition) is 1. The average Bonchev–Trinajstić information content (AvgIpc) is 2.33. The standard InChI is InChI=1S/C11H9BrClN3O/c12-9-3-7(13)1-2-10(9)17-11-6-15-5-8(4-14)16-11/h1-3,5-6H,4,14H2. The first-order valence-corrected chi connectivity index (χ1v) is 6.00. The van der Waals surface area contributed by atoms with Gasteiger partial charge in [0.25, 0.3) is 0 Å². The zero-order chi connectivity index (χ0) is 12.3. The van der Waals surface area contributed by atoms with Gasteiger partial charge in [0.2, 0.25) is 5.88 Å². The molecular formula is C11H9BrClN3O. The maximum atomic E-state index is 5.84. The van der Waals surface area contributed by atoms with Gasteiger partial charge in [0.1, 0.15) is 5.75 Å². The van der Waals surface area contributed by atoms with Crippen LogP contribution in [0.15, 0.2) is 35.1 Å². The number of aromatic nitrogens is 2. The minimum Gasteiger partial charge on any atom is -0.436 e. The Balaban J connectivity index is 2.25. The average molecular weight is 315 g/mol. The van der Waals surface area contributed by atoms with Crippen LogP contribution in [0.5, 0.6) is 11.6 Å². The van der Waals surface area contributed by atoms with Gasteiger partial charge in [0.05, 0.1) is 16.4 Å². The van der Waals surface area contributed by atoms with Crippen LogP contribution in [0.1, 0.15) is 5.69 Å². The van der Waals surface area contributed by atoms with Crippen LogP contribution < -0.4 is 10.5 Å². The van der Waals surface area contributed by atoms with Crippen LogP contribution in [0.2, 0.25) is 5.02 Å². The van der Waals surface area contributed by atoms with Crippen LogP contribution >= 0.6 is 27.5 Å². The monoisotopic (exact) mass is 313 g/mol. The molecule has 2 N–H and O–H groups in total. The molecule has 0 radical (unpaired) electrons. The predicted octanol–water partition coefficient (Wildman–Crippen LogP) is 3.14. The highest BCUT2D eigenvalue weighted by molar-refractivity contribution is 9.10. The Labute approximate surface area is 112 Å². The highest BCUT2D eigenvalue weighted by Crippen LogP contribution is 2.30. The Morgan fingerprint density at radius 2 is 2.18 bits per heavy atom. The second-order valence-corrected chi connectivity index (χ2v) is 4.52. The van der Waals surface area contributed by atoms with E-state index in [1.165, 1.54) is 6.20 Å². The third-order valence-electron chi connectivity index (χ3n) is 1.98. The van der Waals surface area contributed by atoms with Gasteiger partial charge in [-0.15, -0.1) is 0 Å². The molecule has 1 aromatic carbocycles. The molecular weight excluding hydrogens is 305 g/mol. The van der Waals surface area contributed by atoms with Crippen LogP contribution in [-0.2, 0) is 6.54 Å². The van der Waals surface area contributed by atoms with Crippen molar-refractivity contribution in [2.75, 3.05) is 0 Å².